The molecule has 1 aliphatic carbocycles. The van der Waals surface area contributed by atoms with Crippen LogP contribution in [0.5, 0.6) is 6.01 Å². The van der Waals surface area contributed by atoms with Gasteiger partial charge < -0.3 is 41.0 Å². The summed E-state index contributed by atoms with van der Waals surface area (Å²) < 4.78 is 45.4. The van der Waals surface area contributed by atoms with E-state index in [9.17, 15) is 37.5 Å². The molecule has 3 amide bonds. The minimum Gasteiger partial charge on any atom is -0.480 e. The number of rotatable bonds is 15. The van der Waals surface area contributed by atoms with Gasteiger partial charge in [-0.3, -0.25) is 14.4 Å². The van der Waals surface area contributed by atoms with Crippen LogP contribution >= 0.6 is 11.6 Å². The summed E-state index contributed by atoms with van der Waals surface area (Å²) in [6.45, 7) is -1.90. The lowest BCUT2D eigenvalue weighted by molar-refractivity contribution is -0.154. The highest BCUT2D eigenvalue weighted by Crippen LogP contribution is 2.48. The van der Waals surface area contributed by atoms with Crippen LogP contribution in [-0.4, -0.2) is 83.9 Å². The Morgan fingerprint density at radius 3 is 2.32 bits per heavy atom. The van der Waals surface area contributed by atoms with Gasteiger partial charge in [0.1, 0.15) is 12.4 Å². The highest BCUT2D eigenvalue weighted by Gasteiger charge is 2.45. The fourth-order valence-corrected chi connectivity index (χ4v) is 5.61. The van der Waals surface area contributed by atoms with E-state index in [-0.39, 0.29) is 30.4 Å². The summed E-state index contributed by atoms with van der Waals surface area (Å²) >= 11 is 6.02. The van der Waals surface area contributed by atoms with Crippen molar-refractivity contribution in [1.82, 2.24) is 40.3 Å². The molecule has 6 N–H and O–H groups in total. The van der Waals surface area contributed by atoms with E-state index in [4.69, 9.17) is 16.3 Å². The molecule has 3 aromatic carbocycles. The second-order valence-corrected chi connectivity index (χ2v) is 13.2. The summed E-state index contributed by atoms with van der Waals surface area (Å²) in [4.78, 5) is 62.2. The third-order valence-corrected chi connectivity index (χ3v) is 8.75. The summed E-state index contributed by atoms with van der Waals surface area (Å²) in [5.41, 5.74) is 1.65. The number of carboxylic acid groups (broad SMARTS) is 1. The van der Waals surface area contributed by atoms with Gasteiger partial charge in [0.25, 0.3) is 5.91 Å². The van der Waals surface area contributed by atoms with Crippen LogP contribution in [0.1, 0.15) is 35.2 Å². The zero-order valence-corrected chi connectivity index (χ0v) is 30.6. The van der Waals surface area contributed by atoms with Gasteiger partial charge in [-0.1, -0.05) is 35.9 Å². The van der Waals surface area contributed by atoms with E-state index < -0.39 is 54.1 Å². The largest absolute Gasteiger partial charge is 0.480 e. The van der Waals surface area contributed by atoms with Crippen molar-refractivity contribution >= 4 is 58.6 Å². The molecule has 5 aromatic rings. The first-order chi connectivity index (χ1) is 27.2. The summed E-state index contributed by atoms with van der Waals surface area (Å²) in [7, 11) is 1.75. The molecule has 2 heterocycles. The SMILES string of the molecule is Cn1cnnc1-c1cccc(NC(=O)C(=O)NCC[C@H](NC(=O)c2ccc(Nc3nc(NC4(c5ccc(Cl)cc5)CC4)nc(OCC(F)(F)F)n3)cc2)C(=O)O)c1. The molecule has 6 rings (SSSR count). The van der Waals surface area contributed by atoms with E-state index in [1.807, 2.05) is 12.1 Å². The topological polar surface area (TPSA) is 227 Å². The van der Waals surface area contributed by atoms with Crippen LogP contribution in [0.3, 0.4) is 0 Å². The van der Waals surface area contributed by atoms with Crippen molar-refractivity contribution in [3.05, 3.63) is 95.3 Å². The Morgan fingerprint density at radius 1 is 0.947 bits per heavy atom. The summed E-state index contributed by atoms with van der Waals surface area (Å²) in [6.07, 6.45) is -2.00. The molecule has 57 heavy (non-hydrogen) atoms. The lowest BCUT2D eigenvalue weighted by Crippen LogP contribution is -2.44. The van der Waals surface area contributed by atoms with Crippen molar-refractivity contribution in [2.45, 2.75) is 37.0 Å². The number of carboxylic acids is 1. The average molecular weight is 808 g/mol. The van der Waals surface area contributed by atoms with Gasteiger partial charge in [-0.15, -0.1) is 10.2 Å². The number of anilines is 4. The number of amides is 3. The van der Waals surface area contributed by atoms with Crippen LogP contribution in [0.2, 0.25) is 5.02 Å². The predicted molar refractivity (Wildman–Crippen MR) is 199 cm³/mol. The van der Waals surface area contributed by atoms with E-state index in [2.05, 4.69) is 51.7 Å². The molecule has 2 aromatic heterocycles. The lowest BCUT2D eigenvalue weighted by atomic mass is 10.1. The number of ether oxygens (including phenoxy) is 1. The van der Waals surface area contributed by atoms with E-state index in [1.165, 1.54) is 30.6 Å². The number of benzene rings is 3. The standard InChI is InChI=1S/C36H33ClF3N11O6/c1-51-19-42-50-27(51)21-3-2-4-25(17-21)43-30(54)29(53)41-16-13-26(31(55)56)45-28(52)20-5-11-24(12-6-20)44-32-46-33(48-34(47-32)57-18-36(38,39)40)49-35(14-15-35)22-7-9-23(37)10-8-22/h2-12,17,19,26H,13-16,18H2,1H3,(H,41,53)(H,43,54)(H,45,52)(H,55,56)(H2,44,46,47,48,49)/t26-/m0/s1. The summed E-state index contributed by atoms with van der Waals surface area (Å²) in [6, 6.07) is 17.3. The van der Waals surface area contributed by atoms with Crippen molar-refractivity contribution in [2.24, 2.45) is 7.05 Å². The van der Waals surface area contributed by atoms with Gasteiger partial charge >= 0.3 is 30.0 Å². The average Bonchev–Trinajstić information content (AvgIpc) is 3.82. The molecule has 0 spiro atoms. The number of carbonyl (C=O) groups is 4. The molecule has 296 valence electrons. The van der Waals surface area contributed by atoms with Gasteiger partial charge in [-0.25, -0.2) is 4.79 Å². The molecule has 0 aliphatic heterocycles. The van der Waals surface area contributed by atoms with Crippen LogP contribution in [0, 0.1) is 0 Å². The number of aliphatic carboxylic acids is 1. The van der Waals surface area contributed by atoms with E-state index in [0.717, 1.165) is 5.56 Å². The second kappa shape index (κ2) is 16.9. The first kappa shape index (κ1) is 39.9. The molecule has 0 saturated heterocycles. The normalized spacial score (nSPS) is 13.5. The number of aryl methyl sites for hydroxylation is 1. The third-order valence-electron chi connectivity index (χ3n) is 8.50. The number of hydrogen-bond acceptors (Lipinski definition) is 12. The summed E-state index contributed by atoms with van der Waals surface area (Å²) in [5, 5.41) is 31.3. The first-order valence-corrected chi connectivity index (χ1v) is 17.5. The zero-order chi connectivity index (χ0) is 40.7. The lowest BCUT2D eigenvalue weighted by Gasteiger charge is -2.19. The Morgan fingerprint density at radius 2 is 1.67 bits per heavy atom. The fraction of sp³-hybridized carbons (Fsp3) is 0.250. The van der Waals surface area contributed by atoms with E-state index >= 15 is 0 Å². The Kier molecular flexibility index (Phi) is 11.8. The van der Waals surface area contributed by atoms with Gasteiger partial charge in [0.15, 0.2) is 12.4 Å². The molecule has 17 nitrogen and oxygen atoms in total. The Balaban J connectivity index is 1.04. The van der Waals surface area contributed by atoms with Crippen molar-refractivity contribution in [2.75, 3.05) is 29.1 Å². The zero-order valence-electron chi connectivity index (χ0n) is 29.8. The first-order valence-electron chi connectivity index (χ1n) is 17.1. The number of halogens is 4. The van der Waals surface area contributed by atoms with E-state index in [0.29, 0.717) is 40.6 Å². The number of nitrogens with one attached hydrogen (secondary N) is 5. The van der Waals surface area contributed by atoms with Crippen LogP contribution in [0.25, 0.3) is 11.4 Å². The summed E-state index contributed by atoms with van der Waals surface area (Å²) in [5.74, 6) is -3.82. The van der Waals surface area contributed by atoms with Crippen molar-refractivity contribution < 1.29 is 42.2 Å². The molecule has 21 heteroatoms. The maximum absolute atomic E-state index is 13.0. The van der Waals surface area contributed by atoms with Gasteiger partial charge in [-0.2, -0.15) is 28.1 Å². The predicted octanol–water partition coefficient (Wildman–Crippen LogP) is 4.43. The third kappa shape index (κ3) is 10.7. The minimum absolute atomic E-state index is 0.0473. The van der Waals surface area contributed by atoms with Crippen LogP contribution in [0.15, 0.2) is 79.1 Å². The monoisotopic (exact) mass is 807 g/mol. The molecule has 0 unspecified atom stereocenters. The highest BCUT2D eigenvalue weighted by atomic mass is 35.5. The van der Waals surface area contributed by atoms with Gasteiger partial charge in [-0.05, 0) is 73.4 Å². The van der Waals surface area contributed by atoms with Gasteiger partial charge in [0.05, 0.1) is 5.54 Å². The molecular weight excluding hydrogens is 775 g/mol. The molecule has 1 aliphatic rings. The molecule has 1 fully saturated rings. The molecular formula is C36H33ClF3N11O6. The van der Waals surface area contributed by atoms with Crippen molar-refractivity contribution in [1.29, 1.82) is 0 Å². The second-order valence-electron chi connectivity index (χ2n) is 12.8. The maximum Gasteiger partial charge on any atom is 0.422 e. The van der Waals surface area contributed by atoms with Gasteiger partial charge in [0.2, 0.25) is 11.9 Å². The highest BCUT2D eigenvalue weighted by molar-refractivity contribution is 6.39. The molecule has 0 bridgehead atoms. The number of aromatic nitrogens is 6. The molecule has 0 radical (unpaired) electrons. The number of hydrogen-bond donors (Lipinski definition) is 6. The quantitative estimate of drug-likeness (QED) is 0.0806. The molecule has 1 atom stereocenters. The fourth-order valence-electron chi connectivity index (χ4n) is 5.48. The van der Waals surface area contributed by atoms with Gasteiger partial charge in [0, 0.05) is 41.1 Å². The minimum atomic E-state index is -4.65. The van der Waals surface area contributed by atoms with Crippen molar-refractivity contribution in [3.8, 4) is 17.4 Å². The van der Waals surface area contributed by atoms with Crippen LogP contribution < -0.4 is 31.3 Å². The Bertz CT molecular complexity index is 2270. The van der Waals surface area contributed by atoms with Crippen molar-refractivity contribution in [3.63, 3.8) is 0 Å². The number of alkyl halides is 3. The molecule has 1 saturated carbocycles. The van der Waals surface area contributed by atoms with E-state index in [1.54, 1.807) is 48.0 Å². The van der Waals surface area contributed by atoms with Crippen LogP contribution in [-0.2, 0) is 27.0 Å². The number of carbonyl (C=O) groups excluding carboxylic acids is 3. The smallest absolute Gasteiger partial charge is 0.422 e. The Hall–Kier alpha value is -6.83. The Labute approximate surface area is 326 Å². The van der Waals surface area contributed by atoms with Crippen LogP contribution in [0.4, 0.5) is 36.4 Å². The maximum atomic E-state index is 13.0. The number of nitrogens with zero attached hydrogens (tertiary/aromatic N) is 6.